The highest BCUT2D eigenvalue weighted by Gasteiger charge is 2.07. The number of unbranched alkanes of at least 4 members (excludes halogenated alkanes) is 3. The Balaban J connectivity index is 0.00000484. The molecular weight excluding hydrogens is 421 g/mol. The SMILES string of the molecule is CCCCCCC(C)NC(=NC)NCc1csc(N(C)C)n1.I. The van der Waals surface area contributed by atoms with Gasteiger partial charge < -0.3 is 15.5 Å². The average Bonchev–Trinajstić information content (AvgIpc) is 2.97. The van der Waals surface area contributed by atoms with Gasteiger partial charge in [0.15, 0.2) is 11.1 Å². The molecule has 0 bridgehead atoms. The number of nitrogens with zero attached hydrogens (tertiary/aromatic N) is 3. The summed E-state index contributed by atoms with van der Waals surface area (Å²) in [5.41, 5.74) is 1.05. The summed E-state index contributed by atoms with van der Waals surface area (Å²) in [6.45, 7) is 5.16. The molecule has 0 aliphatic carbocycles. The van der Waals surface area contributed by atoms with Crippen LogP contribution in [0.5, 0.6) is 0 Å². The number of halogens is 1. The van der Waals surface area contributed by atoms with E-state index in [9.17, 15) is 0 Å². The van der Waals surface area contributed by atoms with E-state index in [-0.39, 0.29) is 24.0 Å². The second-order valence-corrected chi connectivity index (χ2v) is 6.67. The molecule has 1 aromatic heterocycles. The fourth-order valence-corrected chi connectivity index (χ4v) is 2.89. The third-order valence-electron chi connectivity index (χ3n) is 3.46. The molecule has 0 aromatic carbocycles. The maximum Gasteiger partial charge on any atom is 0.191 e. The number of aromatic nitrogens is 1. The molecule has 0 amide bonds. The van der Waals surface area contributed by atoms with Crippen molar-refractivity contribution < 1.29 is 0 Å². The molecule has 0 fully saturated rings. The minimum absolute atomic E-state index is 0. The van der Waals surface area contributed by atoms with Crippen LogP contribution >= 0.6 is 35.3 Å². The van der Waals surface area contributed by atoms with Gasteiger partial charge in [0.2, 0.25) is 0 Å². The van der Waals surface area contributed by atoms with Gasteiger partial charge in [-0.05, 0) is 13.3 Å². The van der Waals surface area contributed by atoms with Gasteiger partial charge in [-0.25, -0.2) is 4.98 Å². The van der Waals surface area contributed by atoms with E-state index in [4.69, 9.17) is 0 Å². The molecule has 134 valence electrons. The number of anilines is 1. The Morgan fingerprint density at radius 3 is 2.65 bits per heavy atom. The molecule has 23 heavy (non-hydrogen) atoms. The first-order valence-electron chi connectivity index (χ1n) is 8.15. The lowest BCUT2D eigenvalue weighted by Crippen LogP contribution is -2.41. The van der Waals surface area contributed by atoms with E-state index in [0.717, 1.165) is 16.8 Å². The molecule has 0 radical (unpaired) electrons. The highest BCUT2D eigenvalue weighted by atomic mass is 127. The van der Waals surface area contributed by atoms with E-state index >= 15 is 0 Å². The van der Waals surface area contributed by atoms with Crippen molar-refractivity contribution in [1.29, 1.82) is 0 Å². The summed E-state index contributed by atoms with van der Waals surface area (Å²) < 4.78 is 0. The fraction of sp³-hybridized carbons (Fsp3) is 0.750. The van der Waals surface area contributed by atoms with Crippen LogP contribution in [0.1, 0.15) is 51.6 Å². The lowest BCUT2D eigenvalue weighted by atomic mass is 10.1. The number of hydrogen-bond donors (Lipinski definition) is 2. The van der Waals surface area contributed by atoms with Crippen molar-refractivity contribution in [2.24, 2.45) is 4.99 Å². The van der Waals surface area contributed by atoms with Gasteiger partial charge in [0, 0.05) is 32.6 Å². The van der Waals surface area contributed by atoms with Crippen LogP contribution in [0.4, 0.5) is 5.13 Å². The zero-order valence-electron chi connectivity index (χ0n) is 15.1. The van der Waals surface area contributed by atoms with Crippen LogP contribution in [0.2, 0.25) is 0 Å². The van der Waals surface area contributed by atoms with Gasteiger partial charge in [0.05, 0.1) is 12.2 Å². The van der Waals surface area contributed by atoms with Gasteiger partial charge in [-0.15, -0.1) is 35.3 Å². The maximum atomic E-state index is 4.56. The third-order valence-corrected chi connectivity index (χ3v) is 4.51. The number of aliphatic imine (C=N–C) groups is 1. The van der Waals surface area contributed by atoms with Crippen LogP contribution in [0.3, 0.4) is 0 Å². The summed E-state index contributed by atoms with van der Waals surface area (Å²) in [5, 5.41) is 9.90. The van der Waals surface area contributed by atoms with E-state index in [0.29, 0.717) is 12.6 Å². The molecule has 1 aromatic rings. The smallest absolute Gasteiger partial charge is 0.191 e. The molecule has 0 saturated heterocycles. The van der Waals surface area contributed by atoms with Crippen molar-refractivity contribution in [3.8, 4) is 0 Å². The zero-order valence-corrected chi connectivity index (χ0v) is 18.2. The second-order valence-electron chi connectivity index (χ2n) is 5.84. The number of rotatable bonds is 9. The van der Waals surface area contributed by atoms with Crippen molar-refractivity contribution in [3.05, 3.63) is 11.1 Å². The van der Waals surface area contributed by atoms with E-state index in [1.807, 2.05) is 26.0 Å². The average molecular weight is 453 g/mol. The van der Waals surface area contributed by atoms with Crippen LogP contribution in [0.15, 0.2) is 10.4 Å². The molecule has 1 rings (SSSR count). The topological polar surface area (TPSA) is 52.6 Å². The molecule has 7 heteroatoms. The first-order chi connectivity index (χ1) is 10.6. The van der Waals surface area contributed by atoms with Crippen molar-refractivity contribution in [3.63, 3.8) is 0 Å². The minimum atomic E-state index is 0. The van der Waals surface area contributed by atoms with Crippen molar-refractivity contribution in [2.75, 3.05) is 26.0 Å². The molecule has 1 heterocycles. The Labute approximate surface area is 162 Å². The molecule has 0 aliphatic rings. The van der Waals surface area contributed by atoms with Crippen LogP contribution in [0, 0.1) is 0 Å². The first kappa shape index (κ1) is 22.4. The van der Waals surface area contributed by atoms with Crippen molar-refractivity contribution in [1.82, 2.24) is 15.6 Å². The largest absolute Gasteiger partial charge is 0.354 e. The van der Waals surface area contributed by atoms with Gasteiger partial charge in [-0.3, -0.25) is 4.99 Å². The molecular formula is C16H32IN5S. The molecule has 1 unspecified atom stereocenters. The highest BCUT2D eigenvalue weighted by molar-refractivity contribution is 14.0. The van der Waals surface area contributed by atoms with Gasteiger partial charge in [-0.1, -0.05) is 32.6 Å². The molecule has 2 N–H and O–H groups in total. The molecule has 0 saturated carbocycles. The first-order valence-corrected chi connectivity index (χ1v) is 9.03. The van der Waals surface area contributed by atoms with E-state index in [1.54, 1.807) is 11.3 Å². The van der Waals surface area contributed by atoms with E-state index in [1.165, 1.54) is 32.1 Å². The summed E-state index contributed by atoms with van der Waals surface area (Å²) in [4.78, 5) is 10.9. The number of thiazole rings is 1. The molecule has 1 atom stereocenters. The number of hydrogen-bond acceptors (Lipinski definition) is 4. The van der Waals surface area contributed by atoms with E-state index in [2.05, 4.69) is 39.8 Å². The van der Waals surface area contributed by atoms with Gasteiger partial charge >= 0.3 is 0 Å². The Kier molecular flexibility index (Phi) is 12.5. The summed E-state index contributed by atoms with van der Waals surface area (Å²) >= 11 is 1.66. The third kappa shape index (κ3) is 9.34. The predicted octanol–water partition coefficient (Wildman–Crippen LogP) is 3.85. The molecule has 0 aliphatic heterocycles. The van der Waals surface area contributed by atoms with E-state index < -0.39 is 0 Å². The maximum absolute atomic E-state index is 4.56. The number of guanidine groups is 1. The zero-order chi connectivity index (χ0) is 16.4. The summed E-state index contributed by atoms with van der Waals surface area (Å²) in [5.74, 6) is 0.849. The lowest BCUT2D eigenvalue weighted by molar-refractivity contribution is 0.537. The normalized spacial score (nSPS) is 12.5. The van der Waals surface area contributed by atoms with Crippen molar-refractivity contribution >= 4 is 46.4 Å². The van der Waals surface area contributed by atoms with Crippen molar-refractivity contribution in [2.45, 2.75) is 58.5 Å². The molecule has 0 spiro atoms. The molecule has 5 nitrogen and oxygen atoms in total. The van der Waals surface area contributed by atoms with Crippen LogP contribution in [-0.4, -0.2) is 38.1 Å². The summed E-state index contributed by atoms with van der Waals surface area (Å²) in [6, 6.07) is 0.441. The Morgan fingerprint density at radius 1 is 1.35 bits per heavy atom. The van der Waals surface area contributed by atoms with Crippen LogP contribution in [0.25, 0.3) is 0 Å². The Morgan fingerprint density at radius 2 is 2.09 bits per heavy atom. The number of nitrogens with one attached hydrogen (secondary N) is 2. The predicted molar refractivity (Wildman–Crippen MR) is 113 cm³/mol. The summed E-state index contributed by atoms with van der Waals surface area (Å²) in [7, 11) is 5.83. The minimum Gasteiger partial charge on any atom is -0.354 e. The second kappa shape index (κ2) is 12.8. The van der Waals surface area contributed by atoms with Crippen LogP contribution in [-0.2, 0) is 6.54 Å². The van der Waals surface area contributed by atoms with Crippen LogP contribution < -0.4 is 15.5 Å². The lowest BCUT2D eigenvalue weighted by Gasteiger charge is -2.17. The van der Waals surface area contributed by atoms with Gasteiger partial charge in [0.1, 0.15) is 0 Å². The fourth-order valence-electron chi connectivity index (χ4n) is 2.13. The Bertz CT molecular complexity index is 447. The quantitative estimate of drug-likeness (QED) is 0.258. The van der Waals surface area contributed by atoms with Gasteiger partial charge in [0.25, 0.3) is 0 Å². The Hall–Kier alpha value is -0.570. The standard InChI is InChI=1S/C16H31N5S.HI/c1-6-7-8-9-10-13(2)19-15(17-3)18-11-14-12-22-16(20-14)21(4)5;/h12-13H,6-11H2,1-5H3,(H2,17,18,19);1H. The monoisotopic (exact) mass is 453 g/mol. The van der Waals surface area contributed by atoms with Gasteiger partial charge in [-0.2, -0.15) is 0 Å². The summed E-state index contributed by atoms with van der Waals surface area (Å²) in [6.07, 6.45) is 6.39. The highest BCUT2D eigenvalue weighted by Crippen LogP contribution is 2.17.